The molecule has 0 radical (unpaired) electrons. The zero-order valence-corrected chi connectivity index (χ0v) is 15.8. The Morgan fingerprint density at radius 3 is 2.96 bits per heavy atom. The van der Waals surface area contributed by atoms with E-state index in [4.69, 9.17) is 9.47 Å². The van der Waals surface area contributed by atoms with E-state index >= 15 is 0 Å². The van der Waals surface area contributed by atoms with Crippen LogP contribution in [0.15, 0.2) is 24.3 Å². The molecule has 0 aromatic carbocycles. The van der Waals surface area contributed by atoms with Gasteiger partial charge in [0.15, 0.2) is 5.65 Å². The molecule has 1 saturated heterocycles. The monoisotopic (exact) mass is 386 g/mol. The molecular weight excluding hydrogens is 364 g/mol. The summed E-state index contributed by atoms with van der Waals surface area (Å²) in [7, 11) is 1.74. The van der Waals surface area contributed by atoms with Crippen molar-refractivity contribution < 1.29 is 19.1 Å². The third-order valence-electron chi connectivity index (χ3n) is 5.13. The second-order valence-corrected chi connectivity index (χ2v) is 6.94. The number of carbonyl (C=O) groups is 2. The van der Waals surface area contributed by atoms with Crippen LogP contribution in [0.4, 0.5) is 0 Å². The molecule has 148 valence electrons. The number of piperidine rings is 1. The van der Waals surface area contributed by atoms with E-state index in [1.165, 1.54) is 12.5 Å². The van der Waals surface area contributed by atoms with Gasteiger partial charge in [0.1, 0.15) is 25.0 Å². The van der Waals surface area contributed by atoms with Gasteiger partial charge in [0.2, 0.25) is 5.76 Å². The van der Waals surface area contributed by atoms with E-state index < -0.39 is 0 Å². The highest BCUT2D eigenvalue weighted by atomic mass is 16.6. The van der Waals surface area contributed by atoms with Crippen LogP contribution in [0.25, 0.3) is 11.2 Å². The summed E-state index contributed by atoms with van der Waals surface area (Å²) in [6.45, 7) is 3.34. The summed E-state index contributed by atoms with van der Waals surface area (Å²) in [6.07, 6.45) is 4.45. The van der Waals surface area contributed by atoms with Crippen LogP contribution in [-0.2, 0) is 21.3 Å². The SMILES string of the molecule is CC1C(NC(=O)c2cnc3c(c2)nnn3C)CCCN1C(=O)C1=COCCO1. The van der Waals surface area contributed by atoms with E-state index in [1.54, 1.807) is 22.7 Å². The van der Waals surface area contributed by atoms with E-state index in [9.17, 15) is 9.59 Å². The van der Waals surface area contributed by atoms with E-state index in [2.05, 4.69) is 20.6 Å². The summed E-state index contributed by atoms with van der Waals surface area (Å²) >= 11 is 0. The minimum Gasteiger partial charge on any atom is -0.494 e. The van der Waals surface area contributed by atoms with Crippen molar-refractivity contribution in [3.63, 3.8) is 0 Å². The molecule has 1 fully saturated rings. The Labute approximate surface area is 161 Å². The van der Waals surface area contributed by atoms with Crippen LogP contribution in [0.1, 0.15) is 30.1 Å². The molecule has 28 heavy (non-hydrogen) atoms. The van der Waals surface area contributed by atoms with Crippen molar-refractivity contribution >= 4 is 23.0 Å². The number of carbonyl (C=O) groups excluding carboxylic acids is 2. The molecule has 2 unspecified atom stereocenters. The summed E-state index contributed by atoms with van der Waals surface area (Å²) in [5.74, 6) is -0.251. The quantitative estimate of drug-likeness (QED) is 0.811. The summed E-state index contributed by atoms with van der Waals surface area (Å²) in [4.78, 5) is 31.4. The molecule has 0 saturated carbocycles. The molecule has 0 aliphatic carbocycles. The lowest BCUT2D eigenvalue weighted by atomic mass is 9.96. The predicted molar refractivity (Wildman–Crippen MR) is 98.0 cm³/mol. The van der Waals surface area contributed by atoms with Crippen LogP contribution in [-0.4, -0.2) is 68.5 Å². The summed E-state index contributed by atoms with van der Waals surface area (Å²) in [5.41, 5.74) is 1.59. The van der Waals surface area contributed by atoms with E-state index in [1.807, 2.05) is 6.92 Å². The number of likely N-dealkylation sites (tertiary alicyclic amines) is 1. The number of hydrogen-bond donors (Lipinski definition) is 1. The normalized spacial score (nSPS) is 22.2. The minimum absolute atomic E-state index is 0.173. The van der Waals surface area contributed by atoms with Crippen LogP contribution in [0, 0.1) is 0 Å². The van der Waals surface area contributed by atoms with Crippen molar-refractivity contribution in [1.29, 1.82) is 0 Å². The van der Waals surface area contributed by atoms with E-state index in [0.717, 1.165) is 12.8 Å². The zero-order chi connectivity index (χ0) is 19.7. The lowest BCUT2D eigenvalue weighted by Crippen LogP contribution is -2.56. The van der Waals surface area contributed by atoms with Crippen LogP contribution in [0.3, 0.4) is 0 Å². The minimum atomic E-state index is -0.248. The number of ether oxygens (including phenoxy) is 2. The molecule has 4 heterocycles. The first kappa shape index (κ1) is 18.2. The second-order valence-electron chi connectivity index (χ2n) is 6.94. The predicted octanol–water partition coefficient (Wildman–Crippen LogP) is 0.361. The second kappa shape index (κ2) is 7.45. The highest BCUT2D eigenvalue weighted by Crippen LogP contribution is 2.21. The molecule has 10 heteroatoms. The first-order valence-corrected chi connectivity index (χ1v) is 9.26. The van der Waals surface area contributed by atoms with Crippen LogP contribution >= 0.6 is 0 Å². The molecule has 4 rings (SSSR count). The molecule has 2 aromatic heterocycles. The van der Waals surface area contributed by atoms with Crippen molar-refractivity contribution in [3.8, 4) is 0 Å². The van der Waals surface area contributed by atoms with Gasteiger partial charge in [0, 0.05) is 31.9 Å². The fourth-order valence-corrected chi connectivity index (χ4v) is 3.55. The van der Waals surface area contributed by atoms with E-state index in [-0.39, 0.29) is 29.7 Å². The zero-order valence-electron chi connectivity index (χ0n) is 15.8. The van der Waals surface area contributed by atoms with Crippen molar-refractivity contribution in [2.24, 2.45) is 7.05 Å². The number of nitrogens with zero attached hydrogens (tertiary/aromatic N) is 5. The number of hydrogen-bond acceptors (Lipinski definition) is 7. The number of amides is 2. The van der Waals surface area contributed by atoms with Gasteiger partial charge in [-0.3, -0.25) is 9.59 Å². The standard InChI is InChI=1S/C18H22N6O4/c1-11-13(4-3-5-24(11)18(26)15-10-27-6-7-28-15)20-17(25)12-8-14-16(19-9-12)23(2)22-21-14/h8-11,13H,3-7H2,1-2H3,(H,20,25). The summed E-state index contributed by atoms with van der Waals surface area (Å²) < 4.78 is 12.1. The Balaban J connectivity index is 1.46. The molecule has 2 aliphatic heterocycles. The number of pyridine rings is 1. The van der Waals surface area contributed by atoms with Crippen molar-refractivity contribution in [1.82, 2.24) is 30.2 Å². The Hall–Kier alpha value is -3.17. The van der Waals surface area contributed by atoms with Crippen molar-refractivity contribution in [2.45, 2.75) is 31.8 Å². The molecule has 2 aromatic rings. The largest absolute Gasteiger partial charge is 0.494 e. The Morgan fingerprint density at radius 2 is 2.18 bits per heavy atom. The molecule has 0 spiro atoms. The van der Waals surface area contributed by atoms with Gasteiger partial charge in [-0.1, -0.05) is 5.21 Å². The fourth-order valence-electron chi connectivity index (χ4n) is 3.55. The Morgan fingerprint density at radius 1 is 1.32 bits per heavy atom. The molecule has 1 N–H and O–H groups in total. The molecular formula is C18H22N6O4. The lowest BCUT2D eigenvalue weighted by Gasteiger charge is -2.40. The third-order valence-corrected chi connectivity index (χ3v) is 5.13. The number of aryl methyl sites for hydroxylation is 1. The Kier molecular flexibility index (Phi) is 4.84. The first-order valence-electron chi connectivity index (χ1n) is 9.26. The average Bonchev–Trinajstić information content (AvgIpc) is 3.10. The van der Waals surface area contributed by atoms with Gasteiger partial charge in [0.05, 0.1) is 5.56 Å². The maximum atomic E-state index is 12.7. The van der Waals surface area contributed by atoms with Gasteiger partial charge in [-0.25, -0.2) is 9.67 Å². The smallest absolute Gasteiger partial charge is 0.292 e. The van der Waals surface area contributed by atoms with Gasteiger partial charge in [-0.05, 0) is 25.8 Å². The molecule has 2 amide bonds. The average molecular weight is 386 g/mol. The fraction of sp³-hybridized carbons (Fsp3) is 0.500. The van der Waals surface area contributed by atoms with Gasteiger partial charge in [-0.2, -0.15) is 0 Å². The number of aromatic nitrogens is 4. The van der Waals surface area contributed by atoms with Crippen molar-refractivity contribution in [3.05, 3.63) is 29.8 Å². The van der Waals surface area contributed by atoms with Crippen LogP contribution in [0.5, 0.6) is 0 Å². The number of rotatable bonds is 3. The maximum absolute atomic E-state index is 12.7. The molecule has 0 bridgehead atoms. The molecule has 10 nitrogen and oxygen atoms in total. The summed E-state index contributed by atoms with van der Waals surface area (Å²) in [6, 6.07) is 1.32. The highest BCUT2D eigenvalue weighted by Gasteiger charge is 2.34. The Bertz CT molecular complexity index is 939. The maximum Gasteiger partial charge on any atom is 0.292 e. The first-order chi connectivity index (χ1) is 13.5. The van der Waals surface area contributed by atoms with Gasteiger partial charge >= 0.3 is 0 Å². The number of nitrogens with one attached hydrogen (secondary N) is 1. The third kappa shape index (κ3) is 3.37. The highest BCUT2D eigenvalue weighted by molar-refractivity contribution is 5.96. The van der Waals surface area contributed by atoms with Gasteiger partial charge in [0.25, 0.3) is 11.8 Å². The van der Waals surface area contributed by atoms with Gasteiger partial charge < -0.3 is 19.7 Å². The van der Waals surface area contributed by atoms with Crippen LogP contribution < -0.4 is 5.32 Å². The van der Waals surface area contributed by atoms with Crippen molar-refractivity contribution in [2.75, 3.05) is 19.8 Å². The molecule has 2 aliphatic rings. The number of fused-ring (bicyclic) bond motifs is 1. The topological polar surface area (TPSA) is 111 Å². The van der Waals surface area contributed by atoms with Crippen LogP contribution in [0.2, 0.25) is 0 Å². The molecule has 2 atom stereocenters. The summed E-state index contributed by atoms with van der Waals surface area (Å²) in [5, 5.41) is 10.9. The van der Waals surface area contributed by atoms with Gasteiger partial charge in [-0.15, -0.1) is 5.10 Å². The van der Waals surface area contributed by atoms with E-state index in [0.29, 0.717) is 36.5 Å². The lowest BCUT2D eigenvalue weighted by molar-refractivity contribution is -0.136.